The fraction of sp³-hybridized carbons (Fsp3) is 0. The average Bonchev–Trinajstić information content (AvgIpc) is 2.73. The predicted octanol–water partition coefficient (Wildman–Crippen LogP) is 5.20. The monoisotopic (exact) mass is 354 g/mol. The van der Waals surface area contributed by atoms with Crippen LogP contribution in [0.2, 0.25) is 0 Å². The van der Waals surface area contributed by atoms with E-state index in [-0.39, 0.29) is 5.78 Å². The van der Waals surface area contributed by atoms with Crippen molar-refractivity contribution in [1.29, 1.82) is 0 Å². The molecule has 0 amide bonds. The highest BCUT2D eigenvalue weighted by Crippen LogP contribution is 2.14. The number of benzene rings is 3. The Labute approximate surface area is 158 Å². The summed E-state index contributed by atoms with van der Waals surface area (Å²) in [6, 6.07) is 25.6. The number of ether oxygens (including phenoxy) is 1. The number of rotatable bonds is 6. The third kappa shape index (κ3) is 5.65. The summed E-state index contributed by atoms with van der Waals surface area (Å²) in [5, 5.41) is 0. The van der Waals surface area contributed by atoms with Gasteiger partial charge in [0.2, 0.25) is 0 Å². The lowest BCUT2D eigenvalue weighted by molar-refractivity contribution is -0.128. The Morgan fingerprint density at radius 2 is 1.19 bits per heavy atom. The number of esters is 1. The van der Waals surface area contributed by atoms with Gasteiger partial charge in [0.05, 0.1) is 0 Å². The van der Waals surface area contributed by atoms with Crippen molar-refractivity contribution >= 4 is 23.9 Å². The Bertz CT molecular complexity index is 954. The lowest BCUT2D eigenvalue weighted by Gasteiger charge is -2.02. The second-order valence-electron chi connectivity index (χ2n) is 5.80. The molecule has 0 aromatic heterocycles. The third-order valence-corrected chi connectivity index (χ3v) is 3.80. The molecule has 0 heterocycles. The summed E-state index contributed by atoms with van der Waals surface area (Å²) < 4.78 is 5.27. The molecule has 3 aromatic carbocycles. The number of allylic oxidation sites excluding steroid dienone is 1. The van der Waals surface area contributed by atoms with Crippen LogP contribution >= 0.6 is 0 Å². The topological polar surface area (TPSA) is 43.4 Å². The van der Waals surface area contributed by atoms with E-state index in [2.05, 4.69) is 0 Å². The van der Waals surface area contributed by atoms with Gasteiger partial charge < -0.3 is 4.74 Å². The number of ketones is 1. The summed E-state index contributed by atoms with van der Waals surface area (Å²) in [6.07, 6.45) is 6.35. The van der Waals surface area contributed by atoms with Gasteiger partial charge in [0, 0.05) is 11.6 Å². The van der Waals surface area contributed by atoms with E-state index in [0.29, 0.717) is 11.3 Å². The van der Waals surface area contributed by atoms with Crippen molar-refractivity contribution in [3.63, 3.8) is 0 Å². The van der Waals surface area contributed by atoms with Gasteiger partial charge in [-0.3, -0.25) is 4.79 Å². The van der Waals surface area contributed by atoms with Crippen LogP contribution in [0.1, 0.15) is 21.5 Å². The predicted molar refractivity (Wildman–Crippen MR) is 107 cm³/mol. The van der Waals surface area contributed by atoms with Crippen LogP contribution in [-0.4, -0.2) is 11.8 Å². The lowest BCUT2D eigenvalue weighted by Crippen LogP contribution is -2.03. The van der Waals surface area contributed by atoms with Gasteiger partial charge in [-0.05, 0) is 35.4 Å². The van der Waals surface area contributed by atoms with Gasteiger partial charge in [-0.25, -0.2) is 4.79 Å². The maximum atomic E-state index is 12.1. The van der Waals surface area contributed by atoms with Gasteiger partial charge in [-0.15, -0.1) is 0 Å². The first-order chi connectivity index (χ1) is 13.2. The van der Waals surface area contributed by atoms with E-state index in [1.54, 1.807) is 48.6 Å². The minimum Gasteiger partial charge on any atom is -0.423 e. The summed E-state index contributed by atoms with van der Waals surface area (Å²) in [4.78, 5) is 23.9. The summed E-state index contributed by atoms with van der Waals surface area (Å²) in [6.45, 7) is 0. The van der Waals surface area contributed by atoms with Gasteiger partial charge in [0.1, 0.15) is 5.75 Å². The highest BCUT2D eigenvalue weighted by Gasteiger charge is 2.02. The van der Waals surface area contributed by atoms with Gasteiger partial charge in [0.25, 0.3) is 0 Å². The van der Waals surface area contributed by atoms with Crippen molar-refractivity contribution in [1.82, 2.24) is 0 Å². The van der Waals surface area contributed by atoms with Crippen LogP contribution < -0.4 is 4.74 Å². The number of hydrogen-bond donors (Lipinski definition) is 0. The van der Waals surface area contributed by atoms with E-state index in [9.17, 15) is 9.59 Å². The van der Waals surface area contributed by atoms with E-state index in [4.69, 9.17) is 4.74 Å². The summed E-state index contributed by atoms with van der Waals surface area (Å²) in [5.74, 6) is -0.0530. The molecule has 0 radical (unpaired) electrons. The highest BCUT2D eigenvalue weighted by atomic mass is 16.5. The number of carbonyl (C=O) groups is 2. The van der Waals surface area contributed by atoms with Crippen molar-refractivity contribution in [3.05, 3.63) is 114 Å². The Morgan fingerprint density at radius 3 is 1.85 bits per heavy atom. The second kappa shape index (κ2) is 9.11. The molecular weight excluding hydrogens is 336 g/mol. The second-order valence-corrected chi connectivity index (χ2v) is 5.80. The smallest absolute Gasteiger partial charge is 0.336 e. The summed E-state index contributed by atoms with van der Waals surface area (Å²) >= 11 is 0. The SMILES string of the molecule is O=C(/C=C/c1ccccc1)Oc1ccc(/C=C/C(=O)c2ccccc2)cc1. The molecule has 0 fully saturated rings. The fourth-order valence-corrected chi connectivity index (χ4v) is 2.40. The molecule has 3 nitrogen and oxygen atoms in total. The molecule has 0 atom stereocenters. The van der Waals surface area contributed by atoms with Gasteiger partial charge in [-0.1, -0.05) is 78.9 Å². The minimum atomic E-state index is -0.443. The minimum absolute atomic E-state index is 0.0582. The van der Waals surface area contributed by atoms with E-state index in [0.717, 1.165) is 11.1 Å². The normalized spacial score (nSPS) is 11.0. The Balaban J connectivity index is 1.57. The number of carbonyl (C=O) groups excluding carboxylic acids is 2. The molecule has 132 valence electrons. The van der Waals surface area contributed by atoms with Crippen molar-refractivity contribution in [2.24, 2.45) is 0 Å². The fourth-order valence-electron chi connectivity index (χ4n) is 2.40. The summed E-state index contributed by atoms with van der Waals surface area (Å²) in [7, 11) is 0. The number of hydrogen-bond acceptors (Lipinski definition) is 3. The molecule has 3 rings (SSSR count). The van der Waals surface area contributed by atoms with Gasteiger partial charge >= 0.3 is 5.97 Å². The van der Waals surface area contributed by atoms with Gasteiger partial charge in [-0.2, -0.15) is 0 Å². The standard InChI is InChI=1S/C24H18O3/c25-23(21-9-5-2-6-10-21)17-13-20-11-15-22(16-12-20)27-24(26)18-14-19-7-3-1-4-8-19/h1-18H/b17-13+,18-14+. The molecule has 3 heteroatoms. The quantitative estimate of drug-likeness (QED) is 0.264. The van der Waals surface area contributed by atoms with E-state index < -0.39 is 5.97 Å². The van der Waals surface area contributed by atoms with Crippen LogP contribution in [0.4, 0.5) is 0 Å². The lowest BCUT2D eigenvalue weighted by atomic mass is 10.1. The van der Waals surface area contributed by atoms with Crippen LogP contribution in [0.15, 0.2) is 97.1 Å². The van der Waals surface area contributed by atoms with Crippen LogP contribution in [0.25, 0.3) is 12.2 Å². The Hall–Kier alpha value is -3.72. The first-order valence-electron chi connectivity index (χ1n) is 8.53. The van der Waals surface area contributed by atoms with Crippen LogP contribution in [-0.2, 0) is 4.79 Å². The third-order valence-electron chi connectivity index (χ3n) is 3.80. The first-order valence-corrected chi connectivity index (χ1v) is 8.53. The molecule has 3 aromatic rings. The summed E-state index contributed by atoms with van der Waals surface area (Å²) in [5.41, 5.74) is 2.42. The molecule has 0 aliphatic heterocycles. The zero-order valence-electron chi connectivity index (χ0n) is 14.6. The van der Waals surface area contributed by atoms with Crippen LogP contribution in [0.3, 0.4) is 0 Å². The zero-order valence-corrected chi connectivity index (χ0v) is 14.6. The molecule has 27 heavy (non-hydrogen) atoms. The largest absolute Gasteiger partial charge is 0.423 e. The zero-order chi connectivity index (χ0) is 18.9. The molecule has 0 aliphatic rings. The maximum Gasteiger partial charge on any atom is 0.336 e. The Kier molecular flexibility index (Phi) is 6.10. The van der Waals surface area contributed by atoms with Crippen molar-refractivity contribution < 1.29 is 14.3 Å². The average molecular weight is 354 g/mol. The van der Waals surface area contributed by atoms with E-state index >= 15 is 0 Å². The molecule has 0 bridgehead atoms. The highest BCUT2D eigenvalue weighted by molar-refractivity contribution is 6.06. The van der Waals surface area contributed by atoms with E-state index in [1.165, 1.54) is 12.2 Å². The van der Waals surface area contributed by atoms with Crippen molar-refractivity contribution in [3.8, 4) is 5.75 Å². The van der Waals surface area contributed by atoms with Crippen molar-refractivity contribution in [2.45, 2.75) is 0 Å². The molecule has 0 spiro atoms. The van der Waals surface area contributed by atoms with Crippen LogP contribution in [0, 0.1) is 0 Å². The Morgan fingerprint density at radius 1 is 0.630 bits per heavy atom. The van der Waals surface area contributed by atoms with Crippen LogP contribution in [0.5, 0.6) is 5.75 Å². The van der Waals surface area contributed by atoms with E-state index in [1.807, 2.05) is 48.5 Å². The van der Waals surface area contributed by atoms with Gasteiger partial charge in [0.15, 0.2) is 5.78 Å². The molecule has 0 N–H and O–H groups in total. The molecule has 0 aliphatic carbocycles. The maximum absolute atomic E-state index is 12.1. The molecule has 0 saturated heterocycles. The molecule has 0 saturated carbocycles. The van der Waals surface area contributed by atoms with Crippen molar-refractivity contribution in [2.75, 3.05) is 0 Å². The molecular formula is C24H18O3. The first kappa shape index (κ1) is 18.1. The molecule has 0 unspecified atom stereocenters.